The molecule has 1 spiro atoms. The average molecular weight is 417 g/mol. The molecule has 5 rings (SSSR count). The van der Waals surface area contributed by atoms with Gasteiger partial charge in [0.25, 0.3) is 0 Å². The fraction of sp³-hybridized carbons (Fsp3) is 0.739. The number of ether oxygens (including phenoxy) is 2. The first-order valence-corrected chi connectivity index (χ1v) is 14.3. The summed E-state index contributed by atoms with van der Waals surface area (Å²) in [5, 5.41) is 0. The molecule has 1 saturated heterocycles. The second kappa shape index (κ2) is 5.64. The normalized spacial score (nSPS) is 49.6. The highest BCUT2D eigenvalue weighted by Gasteiger charge is 2.82. The van der Waals surface area contributed by atoms with E-state index < -0.39 is 19.3 Å². The quantitative estimate of drug-likeness (QED) is 0.397. The van der Waals surface area contributed by atoms with Crippen LogP contribution in [0.3, 0.4) is 0 Å². The maximum atomic E-state index is 13.4. The molecule has 5 aliphatic rings. The Labute approximate surface area is 174 Å². The SMILES string of the molecule is C=C1C[C@]23CC1CC[C@H]2[C@@]12C=C[C@H](O[Si](C)(C)C)C(C)(C(=O)O1)[C@H]2[C@@H]3C(=O)OC. The maximum absolute atomic E-state index is 13.4. The minimum atomic E-state index is -1.92. The molecule has 158 valence electrons. The number of methoxy groups -OCH3 is 1. The lowest BCUT2D eigenvalue weighted by molar-refractivity contribution is -0.162. The van der Waals surface area contributed by atoms with Crippen molar-refractivity contribution in [3.05, 3.63) is 24.3 Å². The van der Waals surface area contributed by atoms with E-state index in [1.807, 2.05) is 6.92 Å². The number of fused-ring (bicyclic) bond motifs is 1. The van der Waals surface area contributed by atoms with Gasteiger partial charge in [-0.05, 0) is 69.7 Å². The topological polar surface area (TPSA) is 61.8 Å². The number of allylic oxidation sites excluding steroid dienone is 1. The van der Waals surface area contributed by atoms with Gasteiger partial charge >= 0.3 is 11.9 Å². The first-order chi connectivity index (χ1) is 13.5. The van der Waals surface area contributed by atoms with Crippen LogP contribution in [-0.4, -0.2) is 39.1 Å². The Morgan fingerprint density at radius 3 is 2.69 bits per heavy atom. The van der Waals surface area contributed by atoms with Gasteiger partial charge in [0.15, 0.2) is 8.32 Å². The summed E-state index contributed by atoms with van der Waals surface area (Å²) in [6.07, 6.45) is 7.59. The fourth-order valence-electron chi connectivity index (χ4n) is 7.78. The second-order valence-corrected chi connectivity index (χ2v) is 15.6. The first-order valence-electron chi connectivity index (χ1n) is 10.9. The monoisotopic (exact) mass is 416 g/mol. The van der Waals surface area contributed by atoms with E-state index in [2.05, 4.69) is 38.4 Å². The third kappa shape index (κ3) is 2.20. The van der Waals surface area contributed by atoms with Crippen molar-refractivity contribution in [3.8, 4) is 0 Å². The molecule has 0 radical (unpaired) electrons. The van der Waals surface area contributed by atoms with E-state index >= 15 is 0 Å². The van der Waals surface area contributed by atoms with Gasteiger partial charge in [-0.15, -0.1) is 0 Å². The lowest BCUT2D eigenvalue weighted by Gasteiger charge is -2.43. The average Bonchev–Trinajstić information content (AvgIpc) is 3.09. The van der Waals surface area contributed by atoms with Crippen LogP contribution >= 0.6 is 0 Å². The van der Waals surface area contributed by atoms with E-state index in [0.29, 0.717) is 5.92 Å². The van der Waals surface area contributed by atoms with Crippen LogP contribution in [0.25, 0.3) is 0 Å². The van der Waals surface area contributed by atoms with Crippen molar-refractivity contribution >= 4 is 20.3 Å². The summed E-state index contributed by atoms with van der Waals surface area (Å²) in [4.78, 5) is 26.7. The van der Waals surface area contributed by atoms with Gasteiger partial charge < -0.3 is 13.9 Å². The molecule has 2 unspecified atom stereocenters. The summed E-state index contributed by atoms with van der Waals surface area (Å²) in [6.45, 7) is 12.7. The second-order valence-electron chi connectivity index (χ2n) is 11.1. The number of hydrogen-bond acceptors (Lipinski definition) is 5. The van der Waals surface area contributed by atoms with E-state index in [1.165, 1.54) is 12.7 Å². The van der Waals surface area contributed by atoms with Gasteiger partial charge in [0.2, 0.25) is 0 Å². The minimum Gasteiger partial charge on any atom is -0.469 e. The number of rotatable bonds is 3. The first kappa shape index (κ1) is 19.6. The third-order valence-electron chi connectivity index (χ3n) is 8.65. The number of carbonyl (C=O) groups excluding carboxylic acids is 2. The number of esters is 2. The number of hydrogen-bond donors (Lipinski definition) is 0. The molecule has 6 heteroatoms. The molecular weight excluding hydrogens is 384 g/mol. The molecule has 29 heavy (non-hydrogen) atoms. The molecule has 1 aliphatic heterocycles. The van der Waals surface area contributed by atoms with Crippen LogP contribution in [-0.2, 0) is 23.5 Å². The van der Waals surface area contributed by atoms with Crippen molar-refractivity contribution in [2.75, 3.05) is 7.11 Å². The molecule has 0 amide bonds. The molecule has 5 nitrogen and oxygen atoms in total. The molecular formula is C23H32O5Si. The summed E-state index contributed by atoms with van der Waals surface area (Å²) in [7, 11) is -0.459. The Morgan fingerprint density at radius 1 is 1.31 bits per heavy atom. The zero-order valence-electron chi connectivity index (χ0n) is 18.1. The van der Waals surface area contributed by atoms with Crippen molar-refractivity contribution in [2.45, 2.75) is 64.0 Å². The van der Waals surface area contributed by atoms with E-state index in [9.17, 15) is 9.59 Å². The smallest absolute Gasteiger partial charge is 0.316 e. The van der Waals surface area contributed by atoms with Crippen LogP contribution in [0.15, 0.2) is 24.3 Å². The van der Waals surface area contributed by atoms with E-state index in [1.54, 1.807) is 0 Å². The Balaban J connectivity index is 1.70. The molecule has 1 heterocycles. The predicted octanol–water partition coefficient (Wildman–Crippen LogP) is 3.86. The molecule has 0 N–H and O–H groups in total. The van der Waals surface area contributed by atoms with E-state index in [0.717, 1.165) is 25.7 Å². The van der Waals surface area contributed by atoms with Gasteiger partial charge in [-0.25, -0.2) is 0 Å². The van der Waals surface area contributed by atoms with Crippen molar-refractivity contribution < 1.29 is 23.5 Å². The molecule has 8 atom stereocenters. The van der Waals surface area contributed by atoms with Crippen LogP contribution in [0.1, 0.15) is 32.6 Å². The standard InChI is InChI=1S/C23H32O5Si/c1-13-11-22-12-14(13)7-8-15(22)23-10-9-16(28-29(4,5)6)21(2,20(25)27-23)18(23)17(22)19(24)26-3/h9-10,14-18H,1,7-8,11-12H2,2-6H3/t14?,15-,16+,17-,18-,21?,22+,23-/m1/s1. The van der Waals surface area contributed by atoms with Crippen LogP contribution in [0.4, 0.5) is 0 Å². The van der Waals surface area contributed by atoms with Gasteiger partial charge in [-0.2, -0.15) is 0 Å². The lowest BCUT2D eigenvalue weighted by Crippen LogP contribution is -2.53. The fourth-order valence-corrected chi connectivity index (χ4v) is 8.86. The number of carbonyl (C=O) groups is 2. The van der Waals surface area contributed by atoms with E-state index in [-0.39, 0.29) is 41.2 Å². The Kier molecular flexibility index (Phi) is 3.80. The van der Waals surface area contributed by atoms with Gasteiger partial charge in [-0.1, -0.05) is 18.2 Å². The highest BCUT2D eigenvalue weighted by molar-refractivity contribution is 6.69. The molecule has 0 aromatic carbocycles. The summed E-state index contributed by atoms with van der Waals surface area (Å²) in [5.41, 5.74) is -0.570. The molecule has 4 bridgehead atoms. The summed E-state index contributed by atoms with van der Waals surface area (Å²) in [5.74, 6) is -0.448. The Hall–Kier alpha value is -1.40. The van der Waals surface area contributed by atoms with Gasteiger partial charge in [0, 0.05) is 11.8 Å². The predicted molar refractivity (Wildman–Crippen MR) is 110 cm³/mol. The zero-order valence-corrected chi connectivity index (χ0v) is 19.1. The van der Waals surface area contributed by atoms with Gasteiger partial charge in [0.05, 0.1) is 19.1 Å². The van der Waals surface area contributed by atoms with E-state index in [4.69, 9.17) is 13.9 Å². The molecule has 0 aromatic heterocycles. The van der Waals surface area contributed by atoms with Crippen molar-refractivity contribution in [3.63, 3.8) is 0 Å². The van der Waals surface area contributed by atoms with Crippen molar-refractivity contribution in [2.24, 2.45) is 34.5 Å². The zero-order chi connectivity index (χ0) is 21.0. The van der Waals surface area contributed by atoms with Gasteiger partial charge in [-0.3, -0.25) is 9.59 Å². The van der Waals surface area contributed by atoms with Crippen LogP contribution < -0.4 is 0 Å². The van der Waals surface area contributed by atoms with Crippen LogP contribution in [0, 0.1) is 34.5 Å². The summed E-state index contributed by atoms with van der Waals surface area (Å²) in [6, 6.07) is 0. The van der Waals surface area contributed by atoms with Crippen molar-refractivity contribution in [1.29, 1.82) is 0 Å². The van der Waals surface area contributed by atoms with Gasteiger partial charge in [0.1, 0.15) is 11.0 Å². The van der Waals surface area contributed by atoms with Crippen molar-refractivity contribution in [1.82, 2.24) is 0 Å². The lowest BCUT2D eigenvalue weighted by atomic mass is 9.61. The maximum Gasteiger partial charge on any atom is 0.316 e. The highest BCUT2D eigenvalue weighted by atomic mass is 28.4. The third-order valence-corrected chi connectivity index (χ3v) is 9.62. The molecule has 0 aromatic rings. The highest BCUT2D eigenvalue weighted by Crippen LogP contribution is 2.77. The molecule has 3 saturated carbocycles. The molecule has 4 aliphatic carbocycles. The Morgan fingerprint density at radius 2 is 2.03 bits per heavy atom. The summed E-state index contributed by atoms with van der Waals surface area (Å²) >= 11 is 0. The van der Waals surface area contributed by atoms with Crippen LogP contribution in [0.5, 0.6) is 0 Å². The molecule has 4 fully saturated rings. The van der Waals surface area contributed by atoms with Crippen LogP contribution in [0.2, 0.25) is 19.6 Å². The summed E-state index contributed by atoms with van der Waals surface area (Å²) < 4.78 is 18.1. The Bertz CT molecular complexity index is 843. The largest absolute Gasteiger partial charge is 0.469 e. The minimum absolute atomic E-state index is 0.134.